The number of amides is 1. The van der Waals surface area contributed by atoms with Gasteiger partial charge in [0.1, 0.15) is 17.8 Å². The molecule has 0 saturated heterocycles. The standard InChI is InChI=1S/C18H20N6O2/c1-2-15-22-18(26-23-15)12-7-8-16(19-9-12)24-10-14(20-11-24)17(25)21-13-5-3-4-6-13/h7-11,13H,2-6H2,1H3,(H,21,25). The molecule has 0 bridgehead atoms. The molecule has 3 aromatic heterocycles. The quantitative estimate of drug-likeness (QED) is 0.758. The highest BCUT2D eigenvalue weighted by Crippen LogP contribution is 2.19. The van der Waals surface area contributed by atoms with Crippen LogP contribution in [0.3, 0.4) is 0 Å². The number of nitrogens with zero attached hydrogens (tertiary/aromatic N) is 5. The van der Waals surface area contributed by atoms with Crippen LogP contribution in [0, 0.1) is 0 Å². The molecule has 0 aliphatic heterocycles. The van der Waals surface area contributed by atoms with Crippen molar-refractivity contribution in [3.05, 3.63) is 42.4 Å². The second-order valence-corrected chi connectivity index (χ2v) is 6.40. The smallest absolute Gasteiger partial charge is 0.271 e. The summed E-state index contributed by atoms with van der Waals surface area (Å²) in [6.45, 7) is 1.97. The number of rotatable bonds is 5. The van der Waals surface area contributed by atoms with Crippen LogP contribution < -0.4 is 5.32 Å². The first kappa shape index (κ1) is 16.4. The summed E-state index contributed by atoms with van der Waals surface area (Å²) >= 11 is 0. The third kappa shape index (κ3) is 3.35. The lowest BCUT2D eigenvalue weighted by Gasteiger charge is -2.09. The summed E-state index contributed by atoms with van der Waals surface area (Å²) in [6, 6.07) is 3.95. The third-order valence-corrected chi connectivity index (χ3v) is 4.55. The van der Waals surface area contributed by atoms with Gasteiger partial charge in [-0.05, 0) is 25.0 Å². The minimum absolute atomic E-state index is 0.134. The maximum atomic E-state index is 12.3. The number of carbonyl (C=O) groups is 1. The molecule has 1 fully saturated rings. The highest BCUT2D eigenvalue weighted by atomic mass is 16.5. The van der Waals surface area contributed by atoms with Crippen LogP contribution in [0.5, 0.6) is 0 Å². The molecule has 0 aromatic carbocycles. The molecule has 8 nitrogen and oxygen atoms in total. The van der Waals surface area contributed by atoms with Gasteiger partial charge in [0.25, 0.3) is 11.8 Å². The van der Waals surface area contributed by atoms with Crippen molar-refractivity contribution in [1.29, 1.82) is 0 Å². The summed E-state index contributed by atoms with van der Waals surface area (Å²) in [5, 5.41) is 6.92. The van der Waals surface area contributed by atoms with Gasteiger partial charge >= 0.3 is 0 Å². The van der Waals surface area contributed by atoms with Crippen molar-refractivity contribution < 1.29 is 9.32 Å². The van der Waals surface area contributed by atoms with Gasteiger partial charge in [0.2, 0.25) is 0 Å². The summed E-state index contributed by atoms with van der Waals surface area (Å²) in [4.78, 5) is 25.2. The van der Waals surface area contributed by atoms with Gasteiger partial charge in [-0.25, -0.2) is 9.97 Å². The van der Waals surface area contributed by atoms with Crippen LogP contribution in [-0.2, 0) is 6.42 Å². The SMILES string of the molecule is CCc1noc(-c2ccc(-n3cnc(C(=O)NC4CCCC4)c3)nc2)n1. The summed E-state index contributed by atoms with van der Waals surface area (Å²) in [7, 11) is 0. The molecular weight excluding hydrogens is 332 g/mol. The third-order valence-electron chi connectivity index (χ3n) is 4.55. The highest BCUT2D eigenvalue weighted by molar-refractivity contribution is 5.92. The first-order chi connectivity index (χ1) is 12.7. The van der Waals surface area contributed by atoms with E-state index in [1.807, 2.05) is 19.1 Å². The molecule has 0 unspecified atom stereocenters. The van der Waals surface area contributed by atoms with Gasteiger partial charge in [0.05, 0.1) is 5.56 Å². The summed E-state index contributed by atoms with van der Waals surface area (Å²) < 4.78 is 6.93. The Morgan fingerprint density at radius 1 is 1.31 bits per heavy atom. The van der Waals surface area contributed by atoms with Crippen molar-refractivity contribution >= 4 is 5.91 Å². The van der Waals surface area contributed by atoms with Crippen molar-refractivity contribution in [3.63, 3.8) is 0 Å². The molecule has 1 aliphatic rings. The average Bonchev–Trinajstić information content (AvgIpc) is 3.42. The van der Waals surface area contributed by atoms with Crippen molar-refractivity contribution in [3.8, 4) is 17.3 Å². The minimum Gasteiger partial charge on any atom is -0.348 e. The van der Waals surface area contributed by atoms with Gasteiger partial charge in [-0.3, -0.25) is 9.36 Å². The number of aryl methyl sites for hydroxylation is 1. The van der Waals surface area contributed by atoms with Crippen LogP contribution in [0.15, 0.2) is 35.4 Å². The lowest BCUT2D eigenvalue weighted by Crippen LogP contribution is -2.32. The van der Waals surface area contributed by atoms with Gasteiger partial charge in [0.15, 0.2) is 5.82 Å². The van der Waals surface area contributed by atoms with Crippen LogP contribution in [0.2, 0.25) is 0 Å². The molecule has 1 N–H and O–H groups in total. The summed E-state index contributed by atoms with van der Waals surface area (Å²) in [5.74, 6) is 1.64. The number of nitrogens with one attached hydrogen (secondary N) is 1. The molecule has 0 spiro atoms. The molecule has 134 valence electrons. The maximum absolute atomic E-state index is 12.3. The fourth-order valence-electron chi connectivity index (χ4n) is 3.07. The Morgan fingerprint density at radius 2 is 2.15 bits per heavy atom. The first-order valence-electron chi connectivity index (χ1n) is 8.87. The molecule has 1 amide bonds. The molecule has 1 aliphatic carbocycles. The van der Waals surface area contributed by atoms with E-state index in [0.29, 0.717) is 23.2 Å². The van der Waals surface area contributed by atoms with Gasteiger partial charge in [-0.1, -0.05) is 24.9 Å². The molecule has 3 aromatic rings. The summed E-state index contributed by atoms with van der Waals surface area (Å²) in [6.07, 6.45) is 10.1. The van der Waals surface area contributed by atoms with Crippen LogP contribution >= 0.6 is 0 Å². The Labute approximate surface area is 150 Å². The Kier molecular flexibility index (Phi) is 4.47. The fourth-order valence-corrected chi connectivity index (χ4v) is 3.07. The number of carbonyl (C=O) groups excluding carboxylic acids is 1. The van der Waals surface area contributed by atoms with Crippen LogP contribution in [0.25, 0.3) is 17.3 Å². The number of hydrogen-bond acceptors (Lipinski definition) is 6. The van der Waals surface area contributed by atoms with Crippen molar-refractivity contribution in [2.24, 2.45) is 0 Å². The van der Waals surface area contributed by atoms with Crippen LogP contribution in [-0.4, -0.2) is 36.6 Å². The molecule has 3 heterocycles. The van der Waals surface area contributed by atoms with E-state index in [0.717, 1.165) is 24.8 Å². The monoisotopic (exact) mass is 352 g/mol. The lowest BCUT2D eigenvalue weighted by molar-refractivity contribution is 0.0933. The van der Waals surface area contributed by atoms with Gasteiger partial charge < -0.3 is 9.84 Å². The van der Waals surface area contributed by atoms with Gasteiger partial charge in [-0.15, -0.1) is 0 Å². The van der Waals surface area contributed by atoms with E-state index in [1.165, 1.54) is 12.8 Å². The van der Waals surface area contributed by atoms with E-state index in [1.54, 1.807) is 23.3 Å². The maximum Gasteiger partial charge on any atom is 0.271 e. The van der Waals surface area contributed by atoms with Gasteiger partial charge in [-0.2, -0.15) is 4.98 Å². The summed E-state index contributed by atoms with van der Waals surface area (Å²) in [5.41, 5.74) is 1.15. The Morgan fingerprint density at radius 3 is 2.85 bits per heavy atom. The number of aromatic nitrogens is 5. The molecule has 8 heteroatoms. The first-order valence-corrected chi connectivity index (χ1v) is 8.87. The van der Waals surface area contributed by atoms with E-state index < -0.39 is 0 Å². The average molecular weight is 352 g/mol. The highest BCUT2D eigenvalue weighted by Gasteiger charge is 2.19. The van der Waals surface area contributed by atoms with E-state index in [2.05, 4.69) is 25.4 Å². The minimum atomic E-state index is -0.134. The Balaban J connectivity index is 1.47. The topological polar surface area (TPSA) is 98.7 Å². The number of hydrogen-bond donors (Lipinski definition) is 1. The van der Waals surface area contributed by atoms with Gasteiger partial charge in [0, 0.05) is 24.9 Å². The van der Waals surface area contributed by atoms with E-state index in [-0.39, 0.29) is 11.9 Å². The Hall–Kier alpha value is -3.03. The van der Waals surface area contributed by atoms with Crippen LogP contribution in [0.1, 0.15) is 48.9 Å². The van der Waals surface area contributed by atoms with E-state index in [4.69, 9.17) is 4.52 Å². The normalized spacial score (nSPS) is 14.7. The van der Waals surface area contributed by atoms with Crippen molar-refractivity contribution in [2.45, 2.75) is 45.1 Å². The van der Waals surface area contributed by atoms with Crippen LogP contribution in [0.4, 0.5) is 0 Å². The molecule has 1 saturated carbocycles. The zero-order valence-electron chi connectivity index (χ0n) is 14.6. The zero-order chi connectivity index (χ0) is 17.9. The molecule has 0 radical (unpaired) electrons. The predicted octanol–water partition coefficient (Wildman–Crippen LogP) is 2.55. The molecule has 4 rings (SSSR count). The van der Waals surface area contributed by atoms with E-state index in [9.17, 15) is 4.79 Å². The number of imidazole rings is 1. The van der Waals surface area contributed by atoms with E-state index >= 15 is 0 Å². The zero-order valence-corrected chi connectivity index (χ0v) is 14.6. The molecule has 26 heavy (non-hydrogen) atoms. The second kappa shape index (κ2) is 7.07. The lowest BCUT2D eigenvalue weighted by atomic mass is 10.2. The number of pyridine rings is 1. The molecule has 0 atom stereocenters. The predicted molar refractivity (Wildman–Crippen MR) is 93.8 cm³/mol. The fraction of sp³-hybridized carbons (Fsp3) is 0.389. The molecular formula is C18H20N6O2. The van der Waals surface area contributed by atoms with Crippen molar-refractivity contribution in [1.82, 2.24) is 30.0 Å². The van der Waals surface area contributed by atoms with Crippen molar-refractivity contribution in [2.75, 3.05) is 0 Å². The second-order valence-electron chi connectivity index (χ2n) is 6.40. The largest absolute Gasteiger partial charge is 0.348 e. The Bertz CT molecular complexity index is 893.